The molecule has 0 aliphatic carbocycles. The first-order valence-electron chi connectivity index (χ1n) is 4.07. The number of carbonyl (C=O) groups is 1. The van der Waals surface area contributed by atoms with Crippen LogP contribution >= 0.6 is 0 Å². The number of hydrogen-bond acceptors (Lipinski definition) is 3. The van der Waals surface area contributed by atoms with E-state index in [-0.39, 0.29) is 11.7 Å². The summed E-state index contributed by atoms with van der Waals surface area (Å²) in [4.78, 5) is 11.0. The van der Waals surface area contributed by atoms with Crippen molar-refractivity contribution >= 4 is 5.97 Å². The first-order valence-corrected chi connectivity index (χ1v) is 4.07. The smallest absolute Gasteiger partial charge is 0.337 e. The molecule has 0 rings (SSSR count). The largest absolute Gasteiger partial charge is 0.511 e. The van der Waals surface area contributed by atoms with Crippen LogP contribution in [0.4, 0.5) is 0 Å². The van der Waals surface area contributed by atoms with Crippen molar-refractivity contribution in [1.82, 2.24) is 0 Å². The topological polar surface area (TPSA) is 46.5 Å². The molecule has 0 saturated carbocycles. The van der Waals surface area contributed by atoms with Crippen molar-refractivity contribution in [2.24, 2.45) is 5.92 Å². The third-order valence-corrected chi connectivity index (χ3v) is 1.51. The SMILES string of the molecule is CCOC(=O)/C(C)=C(\O)C(C)C. The third-order valence-electron chi connectivity index (χ3n) is 1.51. The first kappa shape index (κ1) is 11.0. The molecule has 0 aromatic rings. The molecule has 12 heavy (non-hydrogen) atoms. The molecular formula is C9H16O3. The Kier molecular flexibility index (Phi) is 4.40. The van der Waals surface area contributed by atoms with E-state index >= 15 is 0 Å². The van der Waals surface area contributed by atoms with Gasteiger partial charge in [0, 0.05) is 5.92 Å². The summed E-state index contributed by atoms with van der Waals surface area (Å²) < 4.78 is 4.72. The zero-order valence-corrected chi connectivity index (χ0v) is 8.05. The molecule has 0 aliphatic rings. The number of rotatable bonds is 3. The molecule has 0 saturated heterocycles. The van der Waals surface area contributed by atoms with E-state index < -0.39 is 5.97 Å². The second-order valence-corrected chi connectivity index (χ2v) is 2.89. The predicted molar refractivity (Wildman–Crippen MR) is 46.8 cm³/mol. The lowest BCUT2D eigenvalue weighted by Gasteiger charge is -2.07. The number of hydrogen-bond donors (Lipinski definition) is 1. The van der Waals surface area contributed by atoms with Gasteiger partial charge in [0.25, 0.3) is 0 Å². The third kappa shape index (κ3) is 2.95. The lowest BCUT2D eigenvalue weighted by molar-refractivity contribution is -0.138. The normalized spacial score (nSPS) is 12.8. The Labute approximate surface area is 73.0 Å². The van der Waals surface area contributed by atoms with Crippen molar-refractivity contribution in [3.8, 4) is 0 Å². The molecule has 0 aromatic carbocycles. The summed E-state index contributed by atoms with van der Waals surface area (Å²) in [5.74, 6) is -0.369. The Morgan fingerprint density at radius 2 is 2.00 bits per heavy atom. The summed E-state index contributed by atoms with van der Waals surface area (Å²) in [7, 11) is 0. The molecule has 0 amide bonds. The minimum atomic E-state index is -0.441. The number of allylic oxidation sites excluding steroid dienone is 1. The predicted octanol–water partition coefficient (Wildman–Crippen LogP) is 2.04. The van der Waals surface area contributed by atoms with E-state index in [1.807, 2.05) is 13.8 Å². The fourth-order valence-electron chi connectivity index (χ4n) is 0.777. The van der Waals surface area contributed by atoms with Gasteiger partial charge in [0.2, 0.25) is 0 Å². The Balaban J connectivity index is 4.43. The Hall–Kier alpha value is -0.990. The minimum Gasteiger partial charge on any atom is -0.511 e. The van der Waals surface area contributed by atoms with Gasteiger partial charge in [0.1, 0.15) is 5.76 Å². The van der Waals surface area contributed by atoms with Crippen molar-refractivity contribution in [2.45, 2.75) is 27.7 Å². The number of esters is 1. The van der Waals surface area contributed by atoms with E-state index in [1.165, 1.54) is 0 Å². The summed E-state index contributed by atoms with van der Waals surface area (Å²) in [5, 5.41) is 9.37. The molecule has 0 bridgehead atoms. The van der Waals surface area contributed by atoms with Gasteiger partial charge in [-0.15, -0.1) is 0 Å². The highest BCUT2D eigenvalue weighted by molar-refractivity contribution is 5.88. The number of aliphatic hydroxyl groups is 1. The van der Waals surface area contributed by atoms with Crippen molar-refractivity contribution in [3.63, 3.8) is 0 Å². The van der Waals surface area contributed by atoms with E-state index in [1.54, 1.807) is 13.8 Å². The van der Waals surface area contributed by atoms with Crippen molar-refractivity contribution in [2.75, 3.05) is 6.61 Å². The quantitative estimate of drug-likeness (QED) is 0.402. The average Bonchev–Trinajstić information content (AvgIpc) is 2.02. The maximum absolute atomic E-state index is 11.0. The molecule has 0 aromatic heterocycles. The Morgan fingerprint density at radius 3 is 2.33 bits per heavy atom. The van der Waals surface area contributed by atoms with E-state index in [0.29, 0.717) is 12.2 Å². The maximum Gasteiger partial charge on any atom is 0.337 e. The number of carbonyl (C=O) groups excluding carboxylic acids is 1. The van der Waals surface area contributed by atoms with Crippen LogP contribution in [0.25, 0.3) is 0 Å². The van der Waals surface area contributed by atoms with Crippen LogP contribution in [0.15, 0.2) is 11.3 Å². The Bertz CT molecular complexity index is 192. The molecule has 0 fully saturated rings. The van der Waals surface area contributed by atoms with Gasteiger partial charge < -0.3 is 9.84 Å². The summed E-state index contributed by atoms with van der Waals surface area (Å²) in [6.45, 7) is 7.27. The molecule has 0 radical (unpaired) electrons. The van der Waals surface area contributed by atoms with Crippen molar-refractivity contribution in [3.05, 3.63) is 11.3 Å². The maximum atomic E-state index is 11.0. The van der Waals surface area contributed by atoms with Crippen LogP contribution in [0.1, 0.15) is 27.7 Å². The van der Waals surface area contributed by atoms with Crippen LogP contribution in [0.5, 0.6) is 0 Å². The van der Waals surface area contributed by atoms with Crippen LogP contribution < -0.4 is 0 Å². The van der Waals surface area contributed by atoms with Crippen LogP contribution in [0.2, 0.25) is 0 Å². The zero-order valence-electron chi connectivity index (χ0n) is 8.05. The van der Waals surface area contributed by atoms with Gasteiger partial charge in [-0.3, -0.25) is 0 Å². The number of ether oxygens (including phenoxy) is 1. The lowest BCUT2D eigenvalue weighted by atomic mass is 10.1. The van der Waals surface area contributed by atoms with Gasteiger partial charge in [0.05, 0.1) is 12.2 Å². The van der Waals surface area contributed by atoms with E-state index in [9.17, 15) is 9.90 Å². The molecular weight excluding hydrogens is 156 g/mol. The van der Waals surface area contributed by atoms with E-state index in [2.05, 4.69) is 0 Å². The van der Waals surface area contributed by atoms with Crippen LogP contribution in [0.3, 0.4) is 0 Å². The molecule has 0 atom stereocenters. The van der Waals surface area contributed by atoms with Gasteiger partial charge in [-0.2, -0.15) is 0 Å². The van der Waals surface area contributed by atoms with E-state index in [0.717, 1.165) is 0 Å². The van der Waals surface area contributed by atoms with Crippen LogP contribution in [0, 0.1) is 5.92 Å². The van der Waals surface area contributed by atoms with Gasteiger partial charge >= 0.3 is 5.97 Å². The molecule has 3 heteroatoms. The van der Waals surface area contributed by atoms with Crippen LogP contribution in [-0.4, -0.2) is 17.7 Å². The summed E-state index contributed by atoms with van der Waals surface area (Å²) in [6, 6.07) is 0. The minimum absolute atomic E-state index is 0.0330. The molecule has 70 valence electrons. The molecule has 1 N–H and O–H groups in total. The molecule has 0 heterocycles. The highest BCUT2D eigenvalue weighted by Crippen LogP contribution is 2.12. The summed E-state index contributed by atoms with van der Waals surface area (Å²) >= 11 is 0. The first-order chi connectivity index (χ1) is 5.50. The Morgan fingerprint density at radius 1 is 1.50 bits per heavy atom. The van der Waals surface area contributed by atoms with Gasteiger partial charge in [-0.1, -0.05) is 13.8 Å². The molecule has 0 spiro atoms. The highest BCUT2D eigenvalue weighted by Gasteiger charge is 2.12. The van der Waals surface area contributed by atoms with Crippen LogP contribution in [-0.2, 0) is 9.53 Å². The lowest BCUT2D eigenvalue weighted by Crippen LogP contribution is -2.10. The zero-order chi connectivity index (χ0) is 9.72. The van der Waals surface area contributed by atoms with Crippen molar-refractivity contribution < 1.29 is 14.6 Å². The van der Waals surface area contributed by atoms with Gasteiger partial charge in [-0.25, -0.2) is 4.79 Å². The van der Waals surface area contributed by atoms with Crippen molar-refractivity contribution in [1.29, 1.82) is 0 Å². The second-order valence-electron chi connectivity index (χ2n) is 2.89. The number of aliphatic hydroxyl groups excluding tert-OH is 1. The highest BCUT2D eigenvalue weighted by atomic mass is 16.5. The second kappa shape index (κ2) is 4.80. The monoisotopic (exact) mass is 172 g/mol. The average molecular weight is 172 g/mol. The molecule has 3 nitrogen and oxygen atoms in total. The summed E-state index contributed by atoms with van der Waals surface area (Å²) in [5.41, 5.74) is 0.298. The van der Waals surface area contributed by atoms with Gasteiger partial charge in [-0.05, 0) is 13.8 Å². The standard InChI is InChI=1S/C9H16O3/c1-5-12-9(11)7(4)8(10)6(2)3/h6,10H,5H2,1-4H3/b8-7-. The fraction of sp³-hybridized carbons (Fsp3) is 0.667. The van der Waals surface area contributed by atoms with E-state index in [4.69, 9.17) is 4.74 Å². The molecule has 0 unspecified atom stereocenters. The van der Waals surface area contributed by atoms with Gasteiger partial charge in [0.15, 0.2) is 0 Å². The molecule has 0 aliphatic heterocycles. The fourth-order valence-corrected chi connectivity index (χ4v) is 0.777. The summed E-state index contributed by atoms with van der Waals surface area (Å²) in [6.07, 6.45) is 0.